The first kappa shape index (κ1) is 17.3. The molecule has 0 radical (unpaired) electrons. The summed E-state index contributed by atoms with van der Waals surface area (Å²) in [6, 6.07) is 11.3. The molecule has 0 atom stereocenters. The van der Waals surface area contributed by atoms with Gasteiger partial charge < -0.3 is 14.6 Å². The maximum atomic E-state index is 10.9. The van der Waals surface area contributed by atoms with Gasteiger partial charge in [0.25, 0.3) is 0 Å². The number of carbonyl (C=O) groups is 1. The van der Waals surface area contributed by atoms with Crippen LogP contribution in [0.1, 0.15) is 27.0 Å². The highest BCUT2D eigenvalue weighted by atomic mass is 16.5. The molecule has 0 saturated carbocycles. The van der Waals surface area contributed by atoms with Crippen molar-refractivity contribution in [2.24, 2.45) is 0 Å². The standard InChI is InChI=1S/C20H23NO4/c1-24-18-11-16-7-9-21(10-8-17(16)12-19(18)25-2)13-14-3-5-15(6-4-14)20(22)23/h3-6,11-12H,7-10,13H2,1-2H3,(H,22,23). The van der Waals surface area contributed by atoms with Crippen LogP contribution in [0, 0.1) is 0 Å². The van der Waals surface area contributed by atoms with Crippen LogP contribution >= 0.6 is 0 Å². The average molecular weight is 341 g/mol. The SMILES string of the molecule is COc1cc2c(cc1OC)CCN(Cc1ccc(C(=O)O)cc1)CC2. The average Bonchev–Trinajstić information content (AvgIpc) is 2.83. The van der Waals surface area contributed by atoms with Gasteiger partial charge >= 0.3 is 5.97 Å². The Bertz CT molecular complexity index is 720. The van der Waals surface area contributed by atoms with Crippen LogP contribution in [-0.2, 0) is 19.4 Å². The third kappa shape index (κ3) is 3.94. The van der Waals surface area contributed by atoms with E-state index in [1.54, 1.807) is 26.4 Å². The Balaban J connectivity index is 1.70. The van der Waals surface area contributed by atoms with Crippen LogP contribution < -0.4 is 9.47 Å². The molecule has 1 N–H and O–H groups in total. The van der Waals surface area contributed by atoms with Gasteiger partial charge in [0.15, 0.2) is 11.5 Å². The minimum Gasteiger partial charge on any atom is -0.493 e. The molecule has 2 aromatic carbocycles. The van der Waals surface area contributed by atoms with E-state index in [0.29, 0.717) is 5.56 Å². The summed E-state index contributed by atoms with van der Waals surface area (Å²) in [4.78, 5) is 13.3. The monoisotopic (exact) mass is 341 g/mol. The molecule has 1 aliphatic heterocycles. The molecular formula is C20H23NO4. The summed E-state index contributed by atoms with van der Waals surface area (Å²) < 4.78 is 10.8. The van der Waals surface area contributed by atoms with E-state index < -0.39 is 5.97 Å². The van der Waals surface area contributed by atoms with Crippen LogP contribution in [0.2, 0.25) is 0 Å². The van der Waals surface area contributed by atoms with Crippen molar-refractivity contribution in [2.75, 3.05) is 27.3 Å². The topological polar surface area (TPSA) is 59.0 Å². The molecule has 0 spiro atoms. The predicted molar refractivity (Wildman–Crippen MR) is 95.6 cm³/mol. The van der Waals surface area contributed by atoms with Gasteiger partial charge in [-0.2, -0.15) is 0 Å². The number of benzene rings is 2. The quantitative estimate of drug-likeness (QED) is 0.906. The van der Waals surface area contributed by atoms with Crippen molar-refractivity contribution >= 4 is 5.97 Å². The van der Waals surface area contributed by atoms with E-state index in [4.69, 9.17) is 14.6 Å². The second-order valence-electron chi connectivity index (χ2n) is 6.25. The lowest BCUT2D eigenvalue weighted by atomic mass is 10.0. The van der Waals surface area contributed by atoms with E-state index >= 15 is 0 Å². The van der Waals surface area contributed by atoms with Gasteiger partial charge in [-0.25, -0.2) is 4.79 Å². The molecule has 0 bridgehead atoms. The number of ether oxygens (including phenoxy) is 2. The third-order valence-corrected chi connectivity index (χ3v) is 4.71. The molecule has 3 rings (SSSR count). The van der Waals surface area contributed by atoms with Crippen LogP contribution in [0.5, 0.6) is 11.5 Å². The van der Waals surface area contributed by atoms with E-state index in [1.165, 1.54) is 11.1 Å². The van der Waals surface area contributed by atoms with Gasteiger partial charge in [0, 0.05) is 19.6 Å². The lowest BCUT2D eigenvalue weighted by molar-refractivity contribution is 0.0697. The highest BCUT2D eigenvalue weighted by Gasteiger charge is 2.17. The van der Waals surface area contributed by atoms with Crippen LogP contribution in [0.15, 0.2) is 36.4 Å². The summed E-state index contributed by atoms with van der Waals surface area (Å²) in [5, 5.41) is 8.99. The maximum absolute atomic E-state index is 10.9. The van der Waals surface area contributed by atoms with Gasteiger partial charge in [-0.15, -0.1) is 0 Å². The van der Waals surface area contributed by atoms with E-state index in [0.717, 1.165) is 49.5 Å². The molecular weight excluding hydrogens is 318 g/mol. The van der Waals surface area contributed by atoms with Crippen molar-refractivity contribution < 1.29 is 19.4 Å². The second-order valence-corrected chi connectivity index (χ2v) is 6.25. The van der Waals surface area contributed by atoms with E-state index in [9.17, 15) is 4.79 Å². The van der Waals surface area contributed by atoms with Crippen molar-refractivity contribution in [3.8, 4) is 11.5 Å². The normalized spacial score (nSPS) is 14.5. The molecule has 25 heavy (non-hydrogen) atoms. The Morgan fingerprint density at radius 1 is 1.00 bits per heavy atom. The molecule has 0 saturated heterocycles. The number of hydrogen-bond donors (Lipinski definition) is 1. The van der Waals surface area contributed by atoms with Gasteiger partial charge in [-0.3, -0.25) is 4.90 Å². The van der Waals surface area contributed by atoms with Crippen molar-refractivity contribution in [2.45, 2.75) is 19.4 Å². The number of aromatic carboxylic acids is 1. The van der Waals surface area contributed by atoms with E-state index in [2.05, 4.69) is 17.0 Å². The number of hydrogen-bond acceptors (Lipinski definition) is 4. The summed E-state index contributed by atoms with van der Waals surface area (Å²) in [5.74, 6) is 0.664. The van der Waals surface area contributed by atoms with Gasteiger partial charge in [0.05, 0.1) is 19.8 Å². The number of methoxy groups -OCH3 is 2. The van der Waals surface area contributed by atoms with Crippen molar-refractivity contribution in [1.82, 2.24) is 4.90 Å². The fourth-order valence-electron chi connectivity index (χ4n) is 3.27. The Kier molecular flexibility index (Phi) is 5.24. The molecule has 0 amide bonds. The zero-order chi connectivity index (χ0) is 17.8. The minimum absolute atomic E-state index is 0.325. The fraction of sp³-hybridized carbons (Fsp3) is 0.350. The van der Waals surface area contributed by atoms with Crippen molar-refractivity contribution in [1.29, 1.82) is 0 Å². The second kappa shape index (κ2) is 7.57. The molecule has 5 nitrogen and oxygen atoms in total. The lowest BCUT2D eigenvalue weighted by Crippen LogP contribution is -2.25. The first-order valence-electron chi connectivity index (χ1n) is 8.39. The largest absolute Gasteiger partial charge is 0.493 e. The lowest BCUT2D eigenvalue weighted by Gasteiger charge is -2.19. The van der Waals surface area contributed by atoms with Gasteiger partial charge in [0.1, 0.15) is 0 Å². The Hall–Kier alpha value is -2.53. The number of fused-ring (bicyclic) bond motifs is 1. The van der Waals surface area contributed by atoms with Gasteiger partial charge in [0.2, 0.25) is 0 Å². The predicted octanol–water partition coefficient (Wildman–Crippen LogP) is 3.00. The molecule has 0 aromatic heterocycles. The molecule has 2 aromatic rings. The van der Waals surface area contributed by atoms with Gasteiger partial charge in [-0.1, -0.05) is 12.1 Å². The summed E-state index contributed by atoms with van der Waals surface area (Å²) in [5.41, 5.74) is 4.07. The third-order valence-electron chi connectivity index (χ3n) is 4.71. The number of nitrogens with zero attached hydrogens (tertiary/aromatic N) is 1. The van der Waals surface area contributed by atoms with Crippen LogP contribution in [0.25, 0.3) is 0 Å². The summed E-state index contributed by atoms with van der Waals surface area (Å²) in [6.45, 7) is 2.74. The molecule has 0 aliphatic carbocycles. The molecule has 132 valence electrons. The first-order chi connectivity index (χ1) is 12.1. The first-order valence-corrected chi connectivity index (χ1v) is 8.39. The summed E-state index contributed by atoms with van der Waals surface area (Å²) in [7, 11) is 3.32. The minimum atomic E-state index is -0.889. The summed E-state index contributed by atoms with van der Waals surface area (Å²) in [6.07, 6.45) is 1.92. The van der Waals surface area contributed by atoms with E-state index in [1.807, 2.05) is 12.1 Å². The molecule has 5 heteroatoms. The Morgan fingerprint density at radius 2 is 1.52 bits per heavy atom. The molecule has 0 fully saturated rings. The van der Waals surface area contributed by atoms with Crippen LogP contribution in [0.3, 0.4) is 0 Å². The Morgan fingerprint density at radius 3 is 1.96 bits per heavy atom. The molecule has 1 heterocycles. The summed E-state index contributed by atoms with van der Waals surface area (Å²) >= 11 is 0. The zero-order valence-electron chi connectivity index (χ0n) is 14.6. The number of carboxylic acid groups (broad SMARTS) is 1. The van der Waals surface area contributed by atoms with Crippen LogP contribution in [0.4, 0.5) is 0 Å². The van der Waals surface area contributed by atoms with Crippen LogP contribution in [-0.4, -0.2) is 43.3 Å². The highest BCUT2D eigenvalue weighted by molar-refractivity contribution is 5.87. The maximum Gasteiger partial charge on any atom is 0.335 e. The molecule has 1 aliphatic rings. The highest BCUT2D eigenvalue weighted by Crippen LogP contribution is 2.32. The van der Waals surface area contributed by atoms with E-state index in [-0.39, 0.29) is 0 Å². The van der Waals surface area contributed by atoms with Gasteiger partial charge in [-0.05, 0) is 53.8 Å². The van der Waals surface area contributed by atoms with Crippen molar-refractivity contribution in [3.63, 3.8) is 0 Å². The Labute approximate surface area is 147 Å². The smallest absolute Gasteiger partial charge is 0.335 e. The van der Waals surface area contributed by atoms with Crippen molar-refractivity contribution in [3.05, 3.63) is 58.7 Å². The molecule has 0 unspecified atom stereocenters. The number of carboxylic acids is 1. The fourth-order valence-corrected chi connectivity index (χ4v) is 3.27. The number of rotatable bonds is 5. The zero-order valence-corrected chi connectivity index (χ0v) is 14.6.